The van der Waals surface area contributed by atoms with E-state index < -0.39 is 6.09 Å². The lowest BCUT2D eigenvalue weighted by atomic mass is 9.96. The van der Waals surface area contributed by atoms with E-state index in [1.165, 1.54) is 0 Å². The van der Waals surface area contributed by atoms with E-state index in [1.54, 1.807) is 29.9 Å². The molecule has 0 unspecified atom stereocenters. The van der Waals surface area contributed by atoms with Gasteiger partial charge in [-0.1, -0.05) is 34.1 Å². The van der Waals surface area contributed by atoms with Gasteiger partial charge >= 0.3 is 6.09 Å². The smallest absolute Gasteiger partial charge is 0.404 e. The van der Waals surface area contributed by atoms with Crippen LogP contribution in [0.3, 0.4) is 0 Å². The van der Waals surface area contributed by atoms with Crippen molar-refractivity contribution in [2.75, 3.05) is 13.7 Å². The van der Waals surface area contributed by atoms with Crippen LogP contribution < -0.4 is 20.3 Å². The summed E-state index contributed by atoms with van der Waals surface area (Å²) >= 11 is 0. The Morgan fingerprint density at radius 3 is 2.54 bits per heavy atom. The Morgan fingerprint density at radius 1 is 1.25 bits per heavy atom. The molecule has 154 valence electrons. The highest BCUT2D eigenvalue weighted by Gasteiger charge is 2.22. The Morgan fingerprint density at radius 2 is 1.96 bits per heavy atom. The Bertz CT molecular complexity index is 896. The fourth-order valence-electron chi connectivity index (χ4n) is 3.03. The first-order valence-corrected chi connectivity index (χ1v) is 9.51. The molecule has 0 radical (unpaired) electrons. The average molecular weight is 390 g/mol. The van der Waals surface area contributed by atoms with Crippen LogP contribution in [0, 0.1) is 5.41 Å². The molecule has 0 saturated carbocycles. The van der Waals surface area contributed by atoms with Gasteiger partial charge in [-0.15, -0.1) is 0 Å². The fraction of sp³-hybridized carbons (Fsp3) is 0.524. The van der Waals surface area contributed by atoms with Crippen LogP contribution in [0.5, 0.6) is 11.5 Å². The Balaban J connectivity index is 2.78. The number of hydrogen-bond donors (Lipinski definition) is 2. The molecule has 0 fully saturated rings. The van der Waals surface area contributed by atoms with E-state index >= 15 is 0 Å². The number of unbranched alkanes of at least 4 members (excludes halogenated alkanes) is 1. The van der Waals surface area contributed by atoms with Crippen LogP contribution >= 0.6 is 0 Å². The van der Waals surface area contributed by atoms with Gasteiger partial charge in [0.2, 0.25) is 0 Å². The third kappa shape index (κ3) is 5.18. The summed E-state index contributed by atoms with van der Waals surface area (Å²) in [5.74, 6) is 1.14. The molecular weight excluding hydrogens is 360 g/mol. The van der Waals surface area contributed by atoms with Crippen molar-refractivity contribution in [3.8, 4) is 11.5 Å². The zero-order valence-electron chi connectivity index (χ0n) is 17.3. The van der Waals surface area contributed by atoms with Gasteiger partial charge in [-0.25, -0.2) is 4.79 Å². The van der Waals surface area contributed by atoms with Crippen molar-refractivity contribution in [3.05, 3.63) is 34.2 Å². The molecular formula is C21H30N2O5. The molecule has 0 saturated heterocycles. The van der Waals surface area contributed by atoms with Crippen molar-refractivity contribution in [2.24, 2.45) is 5.41 Å². The second-order valence-corrected chi connectivity index (χ2v) is 8.00. The van der Waals surface area contributed by atoms with Crippen LogP contribution in [-0.4, -0.2) is 29.5 Å². The standard InChI is InChI=1S/C21H30N2O5/c1-6-7-10-28-18-16-11-14(27-5)8-9-15(16)19(24)23(13-21(2,3)4)17(18)12-22-20(25)26/h8-9,11,22H,6-7,10,12-13H2,1-5H3,(H,25,26). The zero-order valence-corrected chi connectivity index (χ0v) is 17.3. The summed E-state index contributed by atoms with van der Waals surface area (Å²) in [6.45, 7) is 9.06. The molecule has 1 aromatic heterocycles. The minimum absolute atomic E-state index is 0.0186. The molecule has 1 amide bonds. The van der Waals surface area contributed by atoms with E-state index in [9.17, 15) is 9.59 Å². The molecule has 0 aliphatic heterocycles. The number of fused-ring (bicyclic) bond motifs is 1. The molecule has 28 heavy (non-hydrogen) atoms. The third-order valence-electron chi connectivity index (χ3n) is 4.32. The number of amides is 1. The average Bonchev–Trinajstić information content (AvgIpc) is 2.62. The van der Waals surface area contributed by atoms with Gasteiger partial charge in [0.15, 0.2) is 0 Å². The highest BCUT2D eigenvalue weighted by atomic mass is 16.5. The maximum atomic E-state index is 13.2. The first kappa shape index (κ1) is 21.6. The Labute approximate surface area is 165 Å². The quantitative estimate of drug-likeness (QED) is 0.665. The van der Waals surface area contributed by atoms with Crippen molar-refractivity contribution in [1.82, 2.24) is 9.88 Å². The van der Waals surface area contributed by atoms with Crippen LogP contribution in [0.15, 0.2) is 23.0 Å². The number of rotatable bonds is 8. The van der Waals surface area contributed by atoms with Crippen LogP contribution in [0.25, 0.3) is 10.8 Å². The number of benzene rings is 1. The molecule has 0 atom stereocenters. The molecule has 0 spiro atoms. The van der Waals surface area contributed by atoms with Gasteiger partial charge in [-0.05, 0) is 30.0 Å². The first-order chi connectivity index (χ1) is 13.2. The maximum Gasteiger partial charge on any atom is 0.404 e. The summed E-state index contributed by atoms with van der Waals surface area (Å²) in [5.41, 5.74) is 0.180. The summed E-state index contributed by atoms with van der Waals surface area (Å²) in [4.78, 5) is 24.4. The van der Waals surface area contributed by atoms with Gasteiger partial charge in [0.1, 0.15) is 11.5 Å². The van der Waals surface area contributed by atoms with E-state index in [2.05, 4.69) is 12.2 Å². The van der Waals surface area contributed by atoms with Crippen molar-refractivity contribution in [3.63, 3.8) is 0 Å². The number of aromatic nitrogens is 1. The molecule has 2 aromatic rings. The van der Waals surface area contributed by atoms with E-state index in [4.69, 9.17) is 14.6 Å². The van der Waals surface area contributed by atoms with Gasteiger partial charge in [-0.2, -0.15) is 0 Å². The van der Waals surface area contributed by atoms with E-state index in [1.807, 2.05) is 20.8 Å². The molecule has 7 nitrogen and oxygen atoms in total. The van der Waals surface area contributed by atoms with Crippen molar-refractivity contribution < 1.29 is 19.4 Å². The summed E-state index contributed by atoms with van der Waals surface area (Å²) in [6.07, 6.45) is 0.668. The second-order valence-electron chi connectivity index (χ2n) is 8.00. The van der Waals surface area contributed by atoms with Crippen LogP contribution in [0.1, 0.15) is 46.2 Å². The lowest BCUT2D eigenvalue weighted by Crippen LogP contribution is -2.33. The van der Waals surface area contributed by atoms with Gasteiger partial charge in [0.25, 0.3) is 5.56 Å². The first-order valence-electron chi connectivity index (χ1n) is 9.51. The zero-order chi connectivity index (χ0) is 20.9. The number of hydrogen-bond acceptors (Lipinski definition) is 4. The van der Waals surface area contributed by atoms with E-state index in [0.717, 1.165) is 12.8 Å². The Hall–Kier alpha value is -2.70. The van der Waals surface area contributed by atoms with Gasteiger partial charge < -0.3 is 24.5 Å². The largest absolute Gasteiger partial charge is 0.497 e. The number of carbonyl (C=O) groups is 1. The molecule has 0 aliphatic rings. The topological polar surface area (TPSA) is 89.8 Å². The highest BCUT2D eigenvalue weighted by Crippen LogP contribution is 2.32. The Kier molecular flexibility index (Phi) is 6.94. The normalized spacial score (nSPS) is 11.5. The summed E-state index contributed by atoms with van der Waals surface area (Å²) in [6, 6.07) is 5.25. The summed E-state index contributed by atoms with van der Waals surface area (Å²) in [7, 11) is 1.56. The lowest BCUT2D eigenvalue weighted by molar-refractivity contribution is 0.193. The highest BCUT2D eigenvalue weighted by molar-refractivity contribution is 5.89. The molecule has 2 rings (SSSR count). The molecule has 1 aromatic carbocycles. The molecule has 0 aliphatic carbocycles. The lowest BCUT2D eigenvalue weighted by Gasteiger charge is -2.25. The van der Waals surface area contributed by atoms with Gasteiger partial charge in [0.05, 0.1) is 31.3 Å². The van der Waals surface area contributed by atoms with E-state index in [0.29, 0.717) is 41.1 Å². The summed E-state index contributed by atoms with van der Waals surface area (Å²) in [5, 5.41) is 12.6. The van der Waals surface area contributed by atoms with Crippen LogP contribution in [-0.2, 0) is 13.1 Å². The number of nitrogens with one attached hydrogen (secondary N) is 1. The van der Waals surface area contributed by atoms with Crippen molar-refractivity contribution >= 4 is 16.9 Å². The van der Waals surface area contributed by atoms with Gasteiger partial charge in [-0.3, -0.25) is 4.79 Å². The van der Waals surface area contributed by atoms with Crippen LogP contribution in [0.2, 0.25) is 0 Å². The van der Waals surface area contributed by atoms with Crippen molar-refractivity contribution in [1.29, 1.82) is 0 Å². The SMILES string of the molecule is CCCCOc1c(CNC(=O)O)n(CC(C)(C)C)c(=O)c2ccc(OC)cc12. The minimum Gasteiger partial charge on any atom is -0.497 e. The predicted molar refractivity (Wildman–Crippen MR) is 109 cm³/mol. The number of pyridine rings is 1. The van der Waals surface area contributed by atoms with Crippen molar-refractivity contribution in [2.45, 2.75) is 53.6 Å². The molecule has 0 bridgehead atoms. The van der Waals surface area contributed by atoms with Crippen LogP contribution in [0.4, 0.5) is 4.79 Å². The number of ether oxygens (including phenoxy) is 2. The van der Waals surface area contributed by atoms with Gasteiger partial charge in [0, 0.05) is 11.9 Å². The van der Waals surface area contributed by atoms with E-state index in [-0.39, 0.29) is 17.5 Å². The number of methoxy groups -OCH3 is 1. The molecule has 1 heterocycles. The molecule has 7 heteroatoms. The predicted octanol–water partition coefficient (Wildman–Crippen LogP) is 4.00. The monoisotopic (exact) mass is 390 g/mol. The minimum atomic E-state index is -1.15. The fourth-order valence-corrected chi connectivity index (χ4v) is 3.03. The number of carboxylic acid groups (broad SMARTS) is 1. The second kappa shape index (κ2) is 8.99. The summed E-state index contributed by atoms with van der Waals surface area (Å²) < 4.78 is 13.0. The number of nitrogens with zero attached hydrogens (tertiary/aromatic N) is 1. The maximum absolute atomic E-state index is 13.2. The molecule has 2 N–H and O–H groups in total. The third-order valence-corrected chi connectivity index (χ3v) is 4.32.